The molecule has 3 rings (SSSR count). The molecule has 1 saturated heterocycles. The molecule has 1 aliphatic rings. The molecule has 180 valence electrons. The number of thioether (sulfide) groups is 1. The van der Waals surface area contributed by atoms with E-state index in [0.717, 1.165) is 16.7 Å². The highest BCUT2D eigenvalue weighted by Crippen LogP contribution is 2.39. The molecule has 0 aliphatic carbocycles. The number of methoxy groups -OCH3 is 1. The fraction of sp³-hybridized carbons (Fsp3) is 0.261. The van der Waals surface area contributed by atoms with E-state index in [0.29, 0.717) is 22.9 Å². The lowest BCUT2D eigenvalue weighted by Gasteiger charge is -2.14. The second-order valence-electron chi connectivity index (χ2n) is 6.74. The second kappa shape index (κ2) is 12.0. The number of hydrogen-bond donors (Lipinski definition) is 0. The number of imide groups is 1. The molecule has 0 aromatic heterocycles. The average molecular weight is 526 g/mol. The molecule has 0 saturated carbocycles. The van der Waals surface area contributed by atoms with E-state index >= 15 is 0 Å². The van der Waals surface area contributed by atoms with Crippen LogP contribution >= 0.6 is 35.0 Å². The van der Waals surface area contributed by atoms with Crippen molar-refractivity contribution in [2.24, 2.45) is 0 Å². The predicted octanol–water partition coefficient (Wildman–Crippen LogP) is 5.06. The lowest BCUT2D eigenvalue weighted by molar-refractivity contribution is -0.142. The molecule has 34 heavy (non-hydrogen) atoms. The molecule has 0 spiro atoms. The van der Waals surface area contributed by atoms with E-state index in [-0.39, 0.29) is 41.2 Å². The van der Waals surface area contributed by atoms with Gasteiger partial charge in [-0.1, -0.05) is 35.3 Å². The van der Waals surface area contributed by atoms with Crippen LogP contribution in [0.15, 0.2) is 41.3 Å². The topological polar surface area (TPSA) is 91.4 Å². The predicted molar refractivity (Wildman–Crippen MR) is 130 cm³/mol. The maximum atomic E-state index is 12.8. The highest BCUT2D eigenvalue weighted by Gasteiger charge is 2.35. The standard InChI is InChI=1S/C23H21Cl2NO7S/c1-3-31-18-11-14(10-16(25)21(18)33-13-20(27)30-2)12-19-22(28)26(23(29)34-19)8-9-32-17-7-5-4-6-15(17)24/h4-7,10-12H,3,8-9,13H2,1-2H3/b19-12-. The lowest BCUT2D eigenvalue weighted by atomic mass is 10.1. The van der Waals surface area contributed by atoms with Gasteiger partial charge in [-0.15, -0.1) is 0 Å². The normalized spacial score (nSPS) is 14.5. The number of hydrogen-bond acceptors (Lipinski definition) is 8. The molecule has 1 fully saturated rings. The van der Waals surface area contributed by atoms with Gasteiger partial charge in [0.2, 0.25) is 0 Å². The number of halogens is 2. The highest BCUT2D eigenvalue weighted by atomic mass is 35.5. The maximum absolute atomic E-state index is 12.8. The second-order valence-corrected chi connectivity index (χ2v) is 8.55. The van der Waals surface area contributed by atoms with Crippen LogP contribution < -0.4 is 14.2 Å². The molecule has 2 aromatic carbocycles. The smallest absolute Gasteiger partial charge is 0.343 e. The molecule has 0 radical (unpaired) electrons. The number of esters is 1. The summed E-state index contributed by atoms with van der Waals surface area (Å²) in [5, 5.41) is 0.208. The fourth-order valence-electron chi connectivity index (χ4n) is 2.92. The first-order valence-corrected chi connectivity index (χ1v) is 11.7. The van der Waals surface area contributed by atoms with E-state index < -0.39 is 17.1 Å². The van der Waals surface area contributed by atoms with Crippen molar-refractivity contribution in [3.63, 3.8) is 0 Å². The molecule has 0 bridgehead atoms. The first-order valence-electron chi connectivity index (χ1n) is 10.1. The summed E-state index contributed by atoms with van der Waals surface area (Å²) < 4.78 is 21.2. The van der Waals surface area contributed by atoms with Crippen molar-refractivity contribution in [2.75, 3.05) is 33.5 Å². The first-order chi connectivity index (χ1) is 16.3. The molecule has 2 aromatic rings. The van der Waals surface area contributed by atoms with Crippen LogP contribution in [0.1, 0.15) is 12.5 Å². The summed E-state index contributed by atoms with van der Waals surface area (Å²) >= 11 is 13.2. The van der Waals surface area contributed by atoms with Gasteiger partial charge in [0.25, 0.3) is 11.1 Å². The van der Waals surface area contributed by atoms with Gasteiger partial charge in [0.05, 0.1) is 35.2 Å². The van der Waals surface area contributed by atoms with E-state index in [1.54, 1.807) is 43.3 Å². The summed E-state index contributed by atoms with van der Waals surface area (Å²) in [5.41, 5.74) is 0.525. The van der Waals surface area contributed by atoms with Crippen molar-refractivity contribution in [1.29, 1.82) is 0 Å². The summed E-state index contributed by atoms with van der Waals surface area (Å²) in [5.74, 6) is -0.0830. The fourth-order valence-corrected chi connectivity index (χ4v) is 4.25. The molecule has 0 unspecified atom stereocenters. The van der Waals surface area contributed by atoms with Gasteiger partial charge in [-0.25, -0.2) is 4.79 Å². The Bertz CT molecular complexity index is 1120. The first kappa shape index (κ1) is 25.7. The molecule has 0 atom stereocenters. The third kappa shape index (κ3) is 6.37. The summed E-state index contributed by atoms with van der Waals surface area (Å²) in [6.45, 7) is 1.92. The Morgan fingerprint density at radius 1 is 1.06 bits per heavy atom. The van der Waals surface area contributed by atoms with E-state index in [9.17, 15) is 14.4 Å². The number of benzene rings is 2. The molecule has 1 aliphatic heterocycles. The highest BCUT2D eigenvalue weighted by molar-refractivity contribution is 8.18. The molecule has 0 N–H and O–H groups in total. The lowest BCUT2D eigenvalue weighted by Crippen LogP contribution is -2.32. The molecule has 2 amide bonds. The zero-order valence-electron chi connectivity index (χ0n) is 18.3. The van der Waals surface area contributed by atoms with Crippen molar-refractivity contribution in [3.05, 3.63) is 56.9 Å². The van der Waals surface area contributed by atoms with Gasteiger partial charge in [-0.3, -0.25) is 14.5 Å². The Morgan fingerprint density at radius 3 is 2.53 bits per heavy atom. The molecular formula is C23H21Cl2NO7S. The summed E-state index contributed by atoms with van der Waals surface area (Å²) in [4.78, 5) is 37.9. The molecular weight excluding hydrogens is 505 g/mol. The number of carbonyl (C=O) groups excluding carboxylic acids is 3. The third-order valence-electron chi connectivity index (χ3n) is 4.47. The van der Waals surface area contributed by atoms with Crippen molar-refractivity contribution >= 4 is 58.2 Å². The van der Waals surface area contributed by atoms with E-state index in [4.69, 9.17) is 37.4 Å². The van der Waals surface area contributed by atoms with Gasteiger partial charge >= 0.3 is 5.97 Å². The van der Waals surface area contributed by atoms with Crippen LogP contribution in [0.3, 0.4) is 0 Å². The Hall–Kier alpha value is -2.88. The Balaban J connectivity index is 1.73. The minimum atomic E-state index is -0.574. The number of carbonyl (C=O) groups is 3. The summed E-state index contributed by atoms with van der Waals surface area (Å²) in [6.07, 6.45) is 1.54. The van der Waals surface area contributed by atoms with Crippen LogP contribution in [-0.4, -0.2) is 55.5 Å². The average Bonchev–Trinajstić information content (AvgIpc) is 3.07. The number of nitrogens with zero attached hydrogens (tertiary/aromatic N) is 1. The van der Waals surface area contributed by atoms with Crippen LogP contribution in [0.25, 0.3) is 6.08 Å². The monoisotopic (exact) mass is 525 g/mol. The van der Waals surface area contributed by atoms with Crippen LogP contribution in [0, 0.1) is 0 Å². The van der Waals surface area contributed by atoms with Crippen molar-refractivity contribution < 1.29 is 33.3 Å². The SMILES string of the molecule is CCOc1cc(/C=C2\SC(=O)N(CCOc3ccccc3Cl)C2=O)cc(Cl)c1OCC(=O)OC. The maximum Gasteiger partial charge on any atom is 0.343 e. The van der Waals surface area contributed by atoms with Gasteiger partial charge in [0.1, 0.15) is 12.4 Å². The van der Waals surface area contributed by atoms with Crippen LogP contribution in [0.5, 0.6) is 17.2 Å². The van der Waals surface area contributed by atoms with Gasteiger partial charge in [-0.05, 0) is 54.6 Å². The van der Waals surface area contributed by atoms with Crippen molar-refractivity contribution in [1.82, 2.24) is 4.90 Å². The van der Waals surface area contributed by atoms with Crippen LogP contribution in [0.2, 0.25) is 10.0 Å². The zero-order valence-corrected chi connectivity index (χ0v) is 20.7. The number of para-hydroxylation sites is 1. The molecule has 11 heteroatoms. The minimum Gasteiger partial charge on any atom is -0.490 e. The van der Waals surface area contributed by atoms with Gasteiger partial charge in [0.15, 0.2) is 18.1 Å². The van der Waals surface area contributed by atoms with E-state index in [2.05, 4.69) is 4.74 Å². The summed E-state index contributed by atoms with van der Waals surface area (Å²) in [7, 11) is 1.25. The van der Waals surface area contributed by atoms with E-state index in [1.807, 2.05) is 0 Å². The van der Waals surface area contributed by atoms with Gasteiger partial charge in [-0.2, -0.15) is 0 Å². The Kier molecular flexibility index (Phi) is 9.09. The zero-order chi connectivity index (χ0) is 24.7. The minimum absolute atomic E-state index is 0.0679. The third-order valence-corrected chi connectivity index (χ3v) is 5.97. The quantitative estimate of drug-likeness (QED) is 0.314. The number of amides is 2. The largest absolute Gasteiger partial charge is 0.490 e. The van der Waals surface area contributed by atoms with Crippen LogP contribution in [-0.2, 0) is 14.3 Å². The van der Waals surface area contributed by atoms with Crippen LogP contribution in [0.4, 0.5) is 4.79 Å². The Labute approximate surface area is 210 Å². The van der Waals surface area contributed by atoms with Gasteiger partial charge < -0.3 is 18.9 Å². The van der Waals surface area contributed by atoms with Crippen molar-refractivity contribution in [3.8, 4) is 17.2 Å². The van der Waals surface area contributed by atoms with Crippen molar-refractivity contribution in [2.45, 2.75) is 6.92 Å². The number of ether oxygens (including phenoxy) is 4. The van der Waals surface area contributed by atoms with Gasteiger partial charge in [0, 0.05) is 0 Å². The molecule has 1 heterocycles. The van der Waals surface area contributed by atoms with E-state index in [1.165, 1.54) is 13.2 Å². The summed E-state index contributed by atoms with van der Waals surface area (Å²) in [6, 6.07) is 10.1. The molecule has 8 nitrogen and oxygen atoms in total. The number of rotatable bonds is 10. The Morgan fingerprint density at radius 2 is 1.82 bits per heavy atom.